The predicted octanol–water partition coefficient (Wildman–Crippen LogP) is 4.40. The number of rotatable bonds is 10. The van der Waals surface area contributed by atoms with Crippen molar-refractivity contribution in [2.75, 3.05) is 19.6 Å². The lowest BCUT2D eigenvalue weighted by Gasteiger charge is -2.26. The highest BCUT2D eigenvalue weighted by Gasteiger charge is 2.22. The van der Waals surface area contributed by atoms with E-state index in [2.05, 4.69) is 19.2 Å². The molecule has 0 spiro atoms. The first-order valence-electron chi connectivity index (χ1n) is 10.2. The SMILES string of the molecule is CCN(CC)S(=O)(=O)c1ccc(CCC(=O)NCC(C)(C)c2cccc(Cl)c2)cc1. The van der Waals surface area contributed by atoms with Crippen molar-refractivity contribution in [1.29, 1.82) is 0 Å². The van der Waals surface area contributed by atoms with Gasteiger partial charge in [-0.3, -0.25) is 4.79 Å². The van der Waals surface area contributed by atoms with Gasteiger partial charge in [0.05, 0.1) is 4.90 Å². The normalized spacial score (nSPS) is 12.2. The maximum Gasteiger partial charge on any atom is 0.243 e. The van der Waals surface area contributed by atoms with Gasteiger partial charge in [0.25, 0.3) is 0 Å². The van der Waals surface area contributed by atoms with Gasteiger partial charge in [0.1, 0.15) is 0 Å². The minimum atomic E-state index is -3.46. The molecule has 0 aliphatic rings. The third kappa shape index (κ3) is 6.30. The Morgan fingerprint density at radius 2 is 1.70 bits per heavy atom. The minimum Gasteiger partial charge on any atom is -0.355 e. The van der Waals surface area contributed by atoms with E-state index in [1.54, 1.807) is 24.3 Å². The maximum absolute atomic E-state index is 12.5. The summed E-state index contributed by atoms with van der Waals surface area (Å²) in [4.78, 5) is 12.6. The van der Waals surface area contributed by atoms with E-state index in [1.165, 1.54) is 4.31 Å². The number of carbonyl (C=O) groups is 1. The lowest BCUT2D eigenvalue weighted by molar-refractivity contribution is -0.121. The quantitative estimate of drug-likeness (QED) is 0.583. The first-order chi connectivity index (χ1) is 14.1. The summed E-state index contributed by atoms with van der Waals surface area (Å²) >= 11 is 6.08. The first-order valence-corrected chi connectivity index (χ1v) is 12.0. The zero-order valence-electron chi connectivity index (χ0n) is 18.1. The highest BCUT2D eigenvalue weighted by molar-refractivity contribution is 7.89. The molecule has 0 heterocycles. The summed E-state index contributed by atoms with van der Waals surface area (Å²) in [6.07, 6.45) is 0.892. The van der Waals surface area contributed by atoms with Gasteiger partial charge < -0.3 is 5.32 Å². The molecule has 7 heteroatoms. The molecule has 0 aliphatic carbocycles. The highest BCUT2D eigenvalue weighted by atomic mass is 35.5. The van der Waals surface area contributed by atoms with Crippen LogP contribution in [0.15, 0.2) is 53.4 Å². The van der Waals surface area contributed by atoms with Crippen LogP contribution in [0.2, 0.25) is 5.02 Å². The van der Waals surface area contributed by atoms with Crippen molar-refractivity contribution in [2.24, 2.45) is 0 Å². The number of carbonyl (C=O) groups excluding carboxylic acids is 1. The summed E-state index contributed by atoms with van der Waals surface area (Å²) in [5.74, 6) is -0.0371. The van der Waals surface area contributed by atoms with Crippen LogP contribution in [0.25, 0.3) is 0 Å². The lowest BCUT2D eigenvalue weighted by atomic mass is 9.84. The van der Waals surface area contributed by atoms with Crippen LogP contribution in [0.1, 0.15) is 45.2 Å². The van der Waals surface area contributed by atoms with E-state index in [-0.39, 0.29) is 16.2 Å². The molecule has 2 rings (SSSR count). The van der Waals surface area contributed by atoms with E-state index in [1.807, 2.05) is 38.1 Å². The van der Waals surface area contributed by atoms with Crippen molar-refractivity contribution in [1.82, 2.24) is 9.62 Å². The van der Waals surface area contributed by atoms with E-state index in [0.717, 1.165) is 11.1 Å². The number of nitrogens with one attached hydrogen (secondary N) is 1. The molecule has 0 aromatic heterocycles. The Labute approximate surface area is 185 Å². The molecule has 0 atom stereocenters. The van der Waals surface area contributed by atoms with Crippen molar-refractivity contribution < 1.29 is 13.2 Å². The second-order valence-electron chi connectivity index (χ2n) is 7.90. The zero-order chi connectivity index (χ0) is 22.4. The highest BCUT2D eigenvalue weighted by Crippen LogP contribution is 2.25. The van der Waals surface area contributed by atoms with Crippen LogP contribution in [-0.4, -0.2) is 38.3 Å². The van der Waals surface area contributed by atoms with Gasteiger partial charge in [-0.1, -0.05) is 63.6 Å². The van der Waals surface area contributed by atoms with Crippen LogP contribution in [0.5, 0.6) is 0 Å². The molecule has 164 valence electrons. The summed E-state index contributed by atoms with van der Waals surface area (Å²) < 4.78 is 26.5. The number of hydrogen-bond donors (Lipinski definition) is 1. The maximum atomic E-state index is 12.5. The molecule has 0 unspecified atom stereocenters. The van der Waals surface area contributed by atoms with Crippen LogP contribution in [0.3, 0.4) is 0 Å². The molecular formula is C23H31ClN2O3S. The van der Waals surface area contributed by atoms with Gasteiger partial charge in [-0.2, -0.15) is 4.31 Å². The van der Waals surface area contributed by atoms with Crippen LogP contribution < -0.4 is 5.32 Å². The van der Waals surface area contributed by atoms with E-state index in [0.29, 0.717) is 37.5 Å². The Kier molecular flexibility index (Phi) is 8.47. The average Bonchev–Trinajstić information content (AvgIpc) is 2.72. The standard InChI is InChI=1S/C23H31ClN2O3S/c1-5-26(6-2)30(28,29)21-13-10-18(11-14-21)12-15-22(27)25-17-23(3,4)19-8-7-9-20(24)16-19/h7-11,13-14,16H,5-6,12,15,17H2,1-4H3,(H,25,27). The fourth-order valence-corrected chi connectivity index (χ4v) is 4.87. The van der Waals surface area contributed by atoms with Crippen LogP contribution in [0, 0.1) is 0 Å². The number of amides is 1. The van der Waals surface area contributed by atoms with Gasteiger partial charge in [0, 0.05) is 36.5 Å². The number of halogens is 1. The molecule has 1 amide bonds. The number of nitrogens with zero attached hydrogens (tertiary/aromatic N) is 1. The second-order valence-corrected chi connectivity index (χ2v) is 10.3. The lowest BCUT2D eigenvalue weighted by Crippen LogP contribution is -2.36. The summed E-state index contributed by atoms with van der Waals surface area (Å²) in [6, 6.07) is 14.4. The van der Waals surface area contributed by atoms with Gasteiger partial charge >= 0.3 is 0 Å². The Morgan fingerprint density at radius 3 is 2.27 bits per heavy atom. The predicted molar refractivity (Wildman–Crippen MR) is 122 cm³/mol. The number of benzene rings is 2. The van der Waals surface area contributed by atoms with Gasteiger partial charge in [0.15, 0.2) is 0 Å². The Bertz CT molecular complexity index is 953. The molecule has 1 N–H and O–H groups in total. The smallest absolute Gasteiger partial charge is 0.243 e. The molecule has 0 radical (unpaired) electrons. The number of hydrogen-bond acceptors (Lipinski definition) is 3. The molecular weight excluding hydrogens is 420 g/mol. The molecule has 2 aromatic carbocycles. The minimum absolute atomic E-state index is 0.0371. The fourth-order valence-electron chi connectivity index (χ4n) is 3.22. The summed E-state index contributed by atoms with van der Waals surface area (Å²) in [5, 5.41) is 3.67. The van der Waals surface area contributed by atoms with Crippen LogP contribution in [-0.2, 0) is 26.7 Å². The summed E-state index contributed by atoms with van der Waals surface area (Å²) in [7, 11) is -3.46. The molecule has 0 fully saturated rings. The molecule has 0 saturated heterocycles. The number of sulfonamides is 1. The van der Waals surface area contributed by atoms with Crippen molar-refractivity contribution in [2.45, 2.75) is 50.8 Å². The van der Waals surface area contributed by atoms with E-state index in [9.17, 15) is 13.2 Å². The molecule has 0 aliphatic heterocycles. The second kappa shape index (κ2) is 10.4. The van der Waals surface area contributed by atoms with Crippen molar-refractivity contribution >= 4 is 27.5 Å². The average molecular weight is 451 g/mol. The van der Waals surface area contributed by atoms with Gasteiger partial charge in [-0.05, 0) is 41.8 Å². The van der Waals surface area contributed by atoms with Gasteiger partial charge in [-0.15, -0.1) is 0 Å². The van der Waals surface area contributed by atoms with Crippen LogP contribution >= 0.6 is 11.6 Å². The topological polar surface area (TPSA) is 66.5 Å². The monoisotopic (exact) mass is 450 g/mol. The molecule has 2 aromatic rings. The zero-order valence-corrected chi connectivity index (χ0v) is 19.7. The van der Waals surface area contributed by atoms with Crippen molar-refractivity contribution in [3.8, 4) is 0 Å². The Balaban J connectivity index is 1.90. The van der Waals surface area contributed by atoms with E-state index in [4.69, 9.17) is 11.6 Å². The third-order valence-electron chi connectivity index (χ3n) is 5.24. The molecule has 5 nitrogen and oxygen atoms in total. The summed E-state index contributed by atoms with van der Waals surface area (Å²) in [5.41, 5.74) is 1.76. The van der Waals surface area contributed by atoms with Gasteiger partial charge in [0.2, 0.25) is 15.9 Å². The first kappa shape index (κ1) is 24.4. The largest absolute Gasteiger partial charge is 0.355 e. The fraction of sp³-hybridized carbons (Fsp3) is 0.435. The molecule has 0 bridgehead atoms. The number of aryl methyl sites for hydroxylation is 1. The van der Waals surface area contributed by atoms with Crippen molar-refractivity contribution in [3.63, 3.8) is 0 Å². The summed E-state index contributed by atoms with van der Waals surface area (Å²) in [6.45, 7) is 9.15. The van der Waals surface area contributed by atoms with E-state index >= 15 is 0 Å². The van der Waals surface area contributed by atoms with E-state index < -0.39 is 10.0 Å². The molecule has 30 heavy (non-hydrogen) atoms. The van der Waals surface area contributed by atoms with Crippen molar-refractivity contribution in [3.05, 3.63) is 64.7 Å². The van der Waals surface area contributed by atoms with Gasteiger partial charge in [-0.25, -0.2) is 8.42 Å². The Hall–Kier alpha value is -1.89. The molecule has 0 saturated carbocycles. The Morgan fingerprint density at radius 1 is 1.07 bits per heavy atom. The van der Waals surface area contributed by atoms with Crippen LogP contribution in [0.4, 0.5) is 0 Å². The third-order valence-corrected chi connectivity index (χ3v) is 7.54.